The topological polar surface area (TPSA) is 51.8 Å². The summed E-state index contributed by atoms with van der Waals surface area (Å²) in [6.45, 7) is 2.46. The fourth-order valence-electron chi connectivity index (χ4n) is 1.52. The van der Waals surface area contributed by atoms with Gasteiger partial charge in [0.1, 0.15) is 11.5 Å². The molecule has 2 rings (SSSR count). The van der Waals surface area contributed by atoms with Gasteiger partial charge in [-0.3, -0.25) is 0 Å². The molecule has 0 saturated carbocycles. The molecule has 3 nitrogen and oxygen atoms in total. The molecule has 0 aliphatic carbocycles. The van der Waals surface area contributed by atoms with Crippen LogP contribution in [-0.4, -0.2) is 9.97 Å². The van der Waals surface area contributed by atoms with E-state index in [9.17, 15) is 0 Å². The minimum atomic E-state index is 0.493. The lowest BCUT2D eigenvalue weighted by Crippen LogP contribution is -1.96. The average Bonchev–Trinajstić information content (AvgIpc) is 2.33. The number of nitrogens with zero attached hydrogens (tertiary/aromatic N) is 2. The molecule has 16 heavy (non-hydrogen) atoms. The molecule has 0 amide bonds. The van der Waals surface area contributed by atoms with Crippen LogP contribution in [0.3, 0.4) is 0 Å². The van der Waals surface area contributed by atoms with E-state index in [2.05, 4.69) is 9.97 Å². The molecule has 0 unspecified atom stereocenters. The van der Waals surface area contributed by atoms with Crippen LogP contribution in [0.25, 0.3) is 11.3 Å². The van der Waals surface area contributed by atoms with Crippen molar-refractivity contribution >= 4 is 11.6 Å². The minimum Gasteiger partial charge on any atom is -0.326 e. The molecule has 1 aromatic carbocycles. The Balaban J connectivity index is 2.46. The van der Waals surface area contributed by atoms with Gasteiger partial charge in [-0.2, -0.15) is 0 Å². The lowest BCUT2D eigenvalue weighted by atomic mass is 10.1. The van der Waals surface area contributed by atoms with Crippen molar-refractivity contribution in [1.29, 1.82) is 0 Å². The molecule has 4 heteroatoms. The fraction of sp³-hybridized carbons (Fsp3) is 0.167. The maximum atomic E-state index is 5.95. The van der Waals surface area contributed by atoms with E-state index < -0.39 is 0 Å². The van der Waals surface area contributed by atoms with Crippen LogP contribution in [-0.2, 0) is 6.54 Å². The highest BCUT2D eigenvalue weighted by Crippen LogP contribution is 2.24. The Morgan fingerprint density at radius 3 is 2.50 bits per heavy atom. The van der Waals surface area contributed by atoms with E-state index in [1.807, 2.05) is 31.2 Å². The summed E-state index contributed by atoms with van der Waals surface area (Å²) in [5, 5.41) is 0.493. The zero-order valence-corrected chi connectivity index (χ0v) is 9.70. The predicted molar refractivity (Wildman–Crippen MR) is 65.1 cm³/mol. The van der Waals surface area contributed by atoms with E-state index in [1.165, 1.54) is 6.33 Å². The second kappa shape index (κ2) is 4.60. The summed E-state index contributed by atoms with van der Waals surface area (Å²) in [6, 6.07) is 7.97. The summed E-state index contributed by atoms with van der Waals surface area (Å²) in [5.74, 6) is 0. The Bertz CT molecular complexity index is 494. The molecule has 0 bridgehead atoms. The van der Waals surface area contributed by atoms with E-state index in [4.69, 9.17) is 17.3 Å². The molecule has 0 aliphatic rings. The summed E-state index contributed by atoms with van der Waals surface area (Å²) in [4.78, 5) is 8.17. The van der Waals surface area contributed by atoms with Crippen LogP contribution < -0.4 is 5.73 Å². The SMILES string of the molecule is Cc1c(Cl)ncnc1-c1ccc(CN)cc1. The first-order chi connectivity index (χ1) is 7.72. The molecule has 0 fully saturated rings. The first-order valence-electron chi connectivity index (χ1n) is 4.99. The Kier molecular flexibility index (Phi) is 3.17. The highest BCUT2D eigenvalue weighted by molar-refractivity contribution is 6.30. The largest absolute Gasteiger partial charge is 0.326 e. The molecule has 0 saturated heterocycles. The fourth-order valence-corrected chi connectivity index (χ4v) is 1.65. The minimum absolute atomic E-state index is 0.493. The first-order valence-corrected chi connectivity index (χ1v) is 5.36. The van der Waals surface area contributed by atoms with Gasteiger partial charge >= 0.3 is 0 Å². The van der Waals surface area contributed by atoms with Gasteiger partial charge in [0.2, 0.25) is 0 Å². The molecular weight excluding hydrogens is 222 g/mol. The zero-order chi connectivity index (χ0) is 11.5. The van der Waals surface area contributed by atoms with Gasteiger partial charge in [-0.25, -0.2) is 9.97 Å². The lowest BCUT2D eigenvalue weighted by Gasteiger charge is -2.06. The number of halogens is 1. The number of hydrogen-bond acceptors (Lipinski definition) is 3. The van der Waals surface area contributed by atoms with Gasteiger partial charge in [-0.05, 0) is 12.5 Å². The van der Waals surface area contributed by atoms with Gasteiger partial charge in [0.25, 0.3) is 0 Å². The van der Waals surface area contributed by atoms with E-state index in [0.717, 1.165) is 22.4 Å². The van der Waals surface area contributed by atoms with Crippen molar-refractivity contribution in [3.05, 3.63) is 46.9 Å². The second-order valence-electron chi connectivity index (χ2n) is 3.54. The molecular formula is C12H12ClN3. The quantitative estimate of drug-likeness (QED) is 0.812. The van der Waals surface area contributed by atoms with Crippen molar-refractivity contribution in [2.75, 3.05) is 0 Å². The van der Waals surface area contributed by atoms with E-state index in [0.29, 0.717) is 11.7 Å². The molecule has 0 spiro atoms. The summed E-state index contributed by atoms with van der Waals surface area (Å²) in [5.41, 5.74) is 9.43. The average molecular weight is 234 g/mol. The van der Waals surface area contributed by atoms with Crippen molar-refractivity contribution in [2.24, 2.45) is 5.73 Å². The van der Waals surface area contributed by atoms with E-state index in [1.54, 1.807) is 0 Å². The van der Waals surface area contributed by atoms with Gasteiger partial charge in [-0.15, -0.1) is 0 Å². The van der Waals surface area contributed by atoms with E-state index >= 15 is 0 Å². The number of aromatic nitrogens is 2. The highest BCUT2D eigenvalue weighted by atomic mass is 35.5. The van der Waals surface area contributed by atoms with Gasteiger partial charge in [-0.1, -0.05) is 35.9 Å². The van der Waals surface area contributed by atoms with Crippen LogP contribution in [0, 0.1) is 6.92 Å². The number of rotatable bonds is 2. The molecule has 1 heterocycles. The highest BCUT2D eigenvalue weighted by Gasteiger charge is 2.06. The number of nitrogens with two attached hydrogens (primary N) is 1. The molecule has 2 aromatic rings. The summed E-state index contributed by atoms with van der Waals surface area (Å²) in [7, 11) is 0. The molecule has 0 atom stereocenters. The second-order valence-corrected chi connectivity index (χ2v) is 3.90. The third kappa shape index (κ3) is 2.05. The smallest absolute Gasteiger partial charge is 0.135 e. The van der Waals surface area contributed by atoms with Crippen LogP contribution >= 0.6 is 11.6 Å². The van der Waals surface area contributed by atoms with Crippen molar-refractivity contribution in [1.82, 2.24) is 9.97 Å². The van der Waals surface area contributed by atoms with Gasteiger partial charge < -0.3 is 5.73 Å². The number of hydrogen-bond donors (Lipinski definition) is 1. The monoisotopic (exact) mass is 233 g/mol. The Morgan fingerprint density at radius 1 is 1.19 bits per heavy atom. The molecule has 82 valence electrons. The molecule has 1 aromatic heterocycles. The van der Waals surface area contributed by atoms with Gasteiger partial charge in [0.05, 0.1) is 5.69 Å². The summed E-state index contributed by atoms with van der Waals surface area (Å²) >= 11 is 5.95. The summed E-state index contributed by atoms with van der Waals surface area (Å²) < 4.78 is 0. The Hall–Kier alpha value is -1.45. The zero-order valence-electron chi connectivity index (χ0n) is 8.94. The van der Waals surface area contributed by atoms with Gasteiger partial charge in [0.15, 0.2) is 0 Å². The van der Waals surface area contributed by atoms with Crippen molar-refractivity contribution < 1.29 is 0 Å². The van der Waals surface area contributed by atoms with Crippen LogP contribution in [0.2, 0.25) is 5.15 Å². The molecule has 2 N–H and O–H groups in total. The van der Waals surface area contributed by atoms with Crippen molar-refractivity contribution in [2.45, 2.75) is 13.5 Å². The van der Waals surface area contributed by atoms with Crippen LogP contribution in [0.5, 0.6) is 0 Å². The Labute approximate surface area is 99.3 Å². The number of benzene rings is 1. The maximum absolute atomic E-state index is 5.95. The van der Waals surface area contributed by atoms with Gasteiger partial charge in [0, 0.05) is 17.7 Å². The normalized spacial score (nSPS) is 10.4. The first kappa shape index (κ1) is 11.0. The molecule has 0 radical (unpaired) electrons. The predicted octanol–water partition coefficient (Wildman–Crippen LogP) is 2.56. The third-order valence-electron chi connectivity index (χ3n) is 2.49. The third-order valence-corrected chi connectivity index (χ3v) is 2.87. The van der Waals surface area contributed by atoms with Crippen LogP contribution in [0.1, 0.15) is 11.1 Å². The lowest BCUT2D eigenvalue weighted by molar-refractivity contribution is 1.07. The van der Waals surface area contributed by atoms with E-state index in [-0.39, 0.29) is 0 Å². The Morgan fingerprint density at radius 2 is 1.88 bits per heavy atom. The standard InChI is InChI=1S/C12H12ClN3/c1-8-11(15-7-16-12(8)13)10-4-2-9(6-14)3-5-10/h2-5,7H,6,14H2,1H3. The maximum Gasteiger partial charge on any atom is 0.135 e. The van der Waals surface area contributed by atoms with Crippen LogP contribution in [0.4, 0.5) is 0 Å². The van der Waals surface area contributed by atoms with Crippen molar-refractivity contribution in [3.8, 4) is 11.3 Å². The van der Waals surface area contributed by atoms with Crippen LogP contribution in [0.15, 0.2) is 30.6 Å². The van der Waals surface area contributed by atoms with Crippen molar-refractivity contribution in [3.63, 3.8) is 0 Å². The summed E-state index contributed by atoms with van der Waals surface area (Å²) in [6.07, 6.45) is 1.47. The molecule has 0 aliphatic heterocycles.